The van der Waals surface area contributed by atoms with E-state index < -0.39 is 0 Å². The van der Waals surface area contributed by atoms with Crippen LogP contribution in [0.2, 0.25) is 0 Å². The molecule has 2 rings (SSSR count). The molecule has 4 heteroatoms. The molecular formula is C15H20BrN3. The van der Waals surface area contributed by atoms with Gasteiger partial charge in [0.2, 0.25) is 0 Å². The maximum atomic E-state index is 4.33. The topological polar surface area (TPSA) is 29.9 Å². The van der Waals surface area contributed by atoms with E-state index in [1.54, 1.807) is 0 Å². The molecule has 1 aromatic heterocycles. The van der Waals surface area contributed by atoms with Crippen LogP contribution in [0.3, 0.4) is 0 Å². The summed E-state index contributed by atoms with van der Waals surface area (Å²) in [5, 5.41) is 7.73. The molecule has 0 aliphatic heterocycles. The van der Waals surface area contributed by atoms with Gasteiger partial charge in [0.15, 0.2) is 0 Å². The van der Waals surface area contributed by atoms with Gasteiger partial charge < -0.3 is 5.32 Å². The molecule has 0 saturated heterocycles. The molecule has 0 amide bonds. The monoisotopic (exact) mass is 321 g/mol. The number of hydrogen-bond acceptors (Lipinski definition) is 2. The third kappa shape index (κ3) is 3.25. The zero-order valence-corrected chi connectivity index (χ0v) is 13.2. The van der Waals surface area contributed by atoms with Crippen LogP contribution in [-0.2, 0) is 13.0 Å². The summed E-state index contributed by atoms with van der Waals surface area (Å²) in [7, 11) is 2.00. The van der Waals surface area contributed by atoms with Gasteiger partial charge in [-0.05, 0) is 44.0 Å². The molecule has 19 heavy (non-hydrogen) atoms. The first-order valence-electron chi connectivity index (χ1n) is 6.59. The van der Waals surface area contributed by atoms with E-state index in [0.717, 1.165) is 13.0 Å². The Bertz CT molecular complexity index is 548. The number of benzene rings is 1. The number of nitrogens with one attached hydrogen (secondary N) is 1. The molecule has 0 saturated carbocycles. The Labute approximate surface area is 123 Å². The molecule has 1 unspecified atom stereocenters. The number of aromatic nitrogens is 2. The zero-order valence-electron chi connectivity index (χ0n) is 11.7. The number of likely N-dealkylation sites (N-methyl/N-ethyl adjacent to an activating group) is 1. The van der Waals surface area contributed by atoms with Crippen molar-refractivity contribution in [1.82, 2.24) is 15.1 Å². The van der Waals surface area contributed by atoms with E-state index in [4.69, 9.17) is 0 Å². The zero-order chi connectivity index (χ0) is 13.8. The Morgan fingerprint density at radius 3 is 2.84 bits per heavy atom. The van der Waals surface area contributed by atoms with Crippen molar-refractivity contribution in [1.29, 1.82) is 0 Å². The van der Waals surface area contributed by atoms with Crippen molar-refractivity contribution in [2.24, 2.45) is 0 Å². The molecule has 2 aromatic rings. The normalized spacial score (nSPS) is 12.6. The van der Waals surface area contributed by atoms with Crippen LogP contribution >= 0.6 is 15.9 Å². The molecule has 0 bridgehead atoms. The van der Waals surface area contributed by atoms with Gasteiger partial charge in [-0.3, -0.25) is 4.68 Å². The van der Waals surface area contributed by atoms with Gasteiger partial charge in [-0.25, -0.2) is 0 Å². The van der Waals surface area contributed by atoms with Gasteiger partial charge in [-0.1, -0.05) is 34.1 Å². The fourth-order valence-corrected chi connectivity index (χ4v) is 2.77. The predicted octanol–water partition coefficient (Wildman–Crippen LogP) is 3.48. The minimum atomic E-state index is 0.295. The molecule has 3 nitrogen and oxygen atoms in total. The van der Waals surface area contributed by atoms with Crippen LogP contribution in [0, 0.1) is 6.92 Å². The maximum absolute atomic E-state index is 4.33. The highest BCUT2D eigenvalue weighted by atomic mass is 79.9. The fraction of sp³-hybridized carbons (Fsp3) is 0.400. The Morgan fingerprint density at radius 1 is 1.42 bits per heavy atom. The molecule has 1 aromatic carbocycles. The van der Waals surface area contributed by atoms with Crippen LogP contribution in [0.15, 0.2) is 35.1 Å². The van der Waals surface area contributed by atoms with Gasteiger partial charge in [-0.15, -0.1) is 0 Å². The quantitative estimate of drug-likeness (QED) is 0.913. The second kappa shape index (κ2) is 6.35. The highest BCUT2D eigenvalue weighted by Crippen LogP contribution is 2.28. The molecule has 1 heterocycles. The molecular weight excluding hydrogens is 302 g/mol. The molecule has 1 N–H and O–H groups in total. The number of nitrogens with zero attached hydrogens (tertiary/aromatic N) is 2. The van der Waals surface area contributed by atoms with Crippen LogP contribution in [0.1, 0.15) is 29.7 Å². The Morgan fingerprint density at radius 2 is 2.21 bits per heavy atom. The smallest absolute Gasteiger partial charge is 0.0522 e. The minimum absolute atomic E-state index is 0.295. The predicted molar refractivity (Wildman–Crippen MR) is 82.3 cm³/mol. The highest BCUT2D eigenvalue weighted by molar-refractivity contribution is 9.10. The summed E-state index contributed by atoms with van der Waals surface area (Å²) in [5.41, 5.74) is 3.82. The first-order chi connectivity index (χ1) is 9.15. The standard InChI is InChI=1S/C15H20BrN3/c1-4-19-10-12(9-18-19)8-14(17-3)13-7-5-6-11(2)15(13)16/h5-7,9-10,14,17H,4,8H2,1-3H3. The SMILES string of the molecule is CCn1cc(CC(NC)c2cccc(C)c2Br)cn1. The Kier molecular flexibility index (Phi) is 4.77. The molecule has 0 spiro atoms. The van der Waals surface area contributed by atoms with E-state index in [-0.39, 0.29) is 0 Å². The molecule has 0 aliphatic carbocycles. The van der Waals surface area contributed by atoms with E-state index in [0.29, 0.717) is 6.04 Å². The third-order valence-corrected chi connectivity index (χ3v) is 4.48. The van der Waals surface area contributed by atoms with Gasteiger partial charge in [0.05, 0.1) is 6.20 Å². The van der Waals surface area contributed by atoms with Gasteiger partial charge in [0, 0.05) is 23.3 Å². The summed E-state index contributed by atoms with van der Waals surface area (Å²) in [4.78, 5) is 0. The summed E-state index contributed by atoms with van der Waals surface area (Å²) in [6, 6.07) is 6.69. The lowest BCUT2D eigenvalue weighted by atomic mass is 9.99. The van der Waals surface area contributed by atoms with Crippen LogP contribution in [0.4, 0.5) is 0 Å². The first-order valence-corrected chi connectivity index (χ1v) is 7.38. The minimum Gasteiger partial charge on any atom is -0.313 e. The Balaban J connectivity index is 2.22. The molecule has 0 fully saturated rings. The lowest BCUT2D eigenvalue weighted by molar-refractivity contribution is 0.588. The van der Waals surface area contributed by atoms with Crippen molar-refractivity contribution >= 4 is 15.9 Å². The van der Waals surface area contributed by atoms with Gasteiger partial charge >= 0.3 is 0 Å². The number of halogens is 1. The summed E-state index contributed by atoms with van der Waals surface area (Å²) >= 11 is 3.69. The van der Waals surface area contributed by atoms with Crippen LogP contribution in [-0.4, -0.2) is 16.8 Å². The lowest BCUT2D eigenvalue weighted by Crippen LogP contribution is -2.19. The van der Waals surface area contributed by atoms with Gasteiger partial charge in [-0.2, -0.15) is 5.10 Å². The number of hydrogen-bond donors (Lipinski definition) is 1. The van der Waals surface area contributed by atoms with Crippen LogP contribution in [0.5, 0.6) is 0 Å². The van der Waals surface area contributed by atoms with Crippen molar-refractivity contribution < 1.29 is 0 Å². The van der Waals surface area contributed by atoms with Crippen molar-refractivity contribution in [2.75, 3.05) is 7.05 Å². The van der Waals surface area contributed by atoms with Crippen molar-refractivity contribution in [2.45, 2.75) is 32.9 Å². The third-order valence-electron chi connectivity index (χ3n) is 3.40. The van der Waals surface area contributed by atoms with Crippen LogP contribution < -0.4 is 5.32 Å². The van der Waals surface area contributed by atoms with E-state index >= 15 is 0 Å². The highest BCUT2D eigenvalue weighted by Gasteiger charge is 2.15. The van der Waals surface area contributed by atoms with Crippen molar-refractivity contribution in [3.63, 3.8) is 0 Å². The first kappa shape index (κ1) is 14.3. The lowest BCUT2D eigenvalue weighted by Gasteiger charge is -2.18. The molecule has 0 aliphatic rings. The van der Waals surface area contributed by atoms with E-state index in [1.165, 1.54) is 21.2 Å². The average molecular weight is 322 g/mol. The number of aryl methyl sites for hydroxylation is 2. The average Bonchev–Trinajstić information content (AvgIpc) is 2.87. The van der Waals surface area contributed by atoms with Crippen molar-refractivity contribution in [3.8, 4) is 0 Å². The second-order valence-electron chi connectivity index (χ2n) is 4.73. The van der Waals surface area contributed by atoms with E-state index in [2.05, 4.69) is 64.6 Å². The Hall–Kier alpha value is -1.13. The maximum Gasteiger partial charge on any atom is 0.0522 e. The largest absolute Gasteiger partial charge is 0.313 e. The van der Waals surface area contributed by atoms with E-state index in [1.807, 2.05) is 17.9 Å². The van der Waals surface area contributed by atoms with Crippen LogP contribution in [0.25, 0.3) is 0 Å². The van der Waals surface area contributed by atoms with Gasteiger partial charge in [0.25, 0.3) is 0 Å². The summed E-state index contributed by atoms with van der Waals surface area (Å²) in [6.45, 7) is 5.14. The van der Waals surface area contributed by atoms with Gasteiger partial charge in [0.1, 0.15) is 0 Å². The summed E-state index contributed by atoms with van der Waals surface area (Å²) in [6.07, 6.45) is 5.02. The fourth-order valence-electron chi connectivity index (χ4n) is 2.23. The summed E-state index contributed by atoms with van der Waals surface area (Å²) < 4.78 is 3.16. The van der Waals surface area contributed by atoms with Crippen molar-refractivity contribution in [3.05, 3.63) is 51.8 Å². The van der Waals surface area contributed by atoms with E-state index in [9.17, 15) is 0 Å². The molecule has 102 valence electrons. The number of rotatable bonds is 5. The molecule has 0 radical (unpaired) electrons. The molecule has 1 atom stereocenters. The summed E-state index contributed by atoms with van der Waals surface area (Å²) in [5.74, 6) is 0. The second-order valence-corrected chi connectivity index (χ2v) is 5.52.